The summed E-state index contributed by atoms with van der Waals surface area (Å²) in [6.45, 7) is 5.24. The normalized spacial score (nSPS) is 25.6. The van der Waals surface area contributed by atoms with E-state index in [1.165, 1.54) is 0 Å². The summed E-state index contributed by atoms with van der Waals surface area (Å²) < 4.78 is 5.03. The Kier molecular flexibility index (Phi) is 3.68. The van der Waals surface area contributed by atoms with Crippen LogP contribution in [0, 0.1) is 5.41 Å². The van der Waals surface area contributed by atoms with Gasteiger partial charge < -0.3 is 15.4 Å². The van der Waals surface area contributed by atoms with Crippen molar-refractivity contribution in [2.45, 2.75) is 20.3 Å². The van der Waals surface area contributed by atoms with Gasteiger partial charge in [0.15, 0.2) is 0 Å². The first-order valence-electron chi connectivity index (χ1n) is 5.15. The van der Waals surface area contributed by atoms with Crippen LogP contribution < -0.4 is 5.73 Å². The molecule has 0 aromatic carbocycles. The second-order valence-electron chi connectivity index (χ2n) is 4.13. The van der Waals surface area contributed by atoms with Crippen LogP contribution >= 0.6 is 0 Å². The molecule has 2 amide bonds. The Balaban J connectivity index is 2.49. The molecule has 0 radical (unpaired) electrons. The zero-order chi connectivity index (χ0) is 11.5. The Morgan fingerprint density at radius 1 is 1.53 bits per heavy atom. The molecule has 1 unspecified atom stereocenters. The fourth-order valence-corrected chi connectivity index (χ4v) is 1.66. The van der Waals surface area contributed by atoms with Gasteiger partial charge in [0.2, 0.25) is 11.8 Å². The maximum atomic E-state index is 11.6. The monoisotopic (exact) mass is 214 g/mol. The molecule has 86 valence electrons. The number of carbonyl (C=O) groups is 2. The first kappa shape index (κ1) is 12.0. The molecule has 0 aliphatic carbocycles. The van der Waals surface area contributed by atoms with Gasteiger partial charge in [-0.25, -0.2) is 0 Å². The summed E-state index contributed by atoms with van der Waals surface area (Å²) in [7, 11) is 0. The lowest BCUT2D eigenvalue weighted by Gasteiger charge is -2.20. The number of hydrogen-bond donors (Lipinski definition) is 1. The predicted octanol–water partition coefficient (Wildman–Crippen LogP) is -0.253. The summed E-state index contributed by atoms with van der Waals surface area (Å²) in [5, 5.41) is 0. The summed E-state index contributed by atoms with van der Waals surface area (Å²) >= 11 is 0. The van der Waals surface area contributed by atoms with Crippen LogP contribution in [0.3, 0.4) is 0 Å². The number of carbonyl (C=O) groups excluding carboxylic acids is 2. The summed E-state index contributed by atoms with van der Waals surface area (Å²) in [6.07, 6.45) is 0.639. The number of rotatable bonds is 4. The molecule has 1 fully saturated rings. The van der Waals surface area contributed by atoms with E-state index in [1.54, 1.807) is 11.8 Å². The number of ether oxygens (including phenoxy) is 1. The van der Waals surface area contributed by atoms with Gasteiger partial charge in [0.25, 0.3) is 0 Å². The van der Waals surface area contributed by atoms with Gasteiger partial charge in [0.1, 0.15) is 6.61 Å². The maximum Gasteiger partial charge on any atom is 0.248 e. The first-order valence-corrected chi connectivity index (χ1v) is 5.15. The quantitative estimate of drug-likeness (QED) is 0.701. The Bertz CT molecular complexity index is 267. The molecule has 2 N–H and O–H groups in total. The lowest BCUT2D eigenvalue weighted by molar-refractivity contribution is -0.135. The first-order chi connectivity index (χ1) is 6.99. The van der Waals surface area contributed by atoms with E-state index in [9.17, 15) is 9.59 Å². The van der Waals surface area contributed by atoms with E-state index < -0.39 is 5.41 Å². The van der Waals surface area contributed by atoms with Crippen molar-refractivity contribution in [3.63, 3.8) is 0 Å². The van der Waals surface area contributed by atoms with Gasteiger partial charge in [-0.2, -0.15) is 0 Å². The Morgan fingerprint density at radius 3 is 2.67 bits per heavy atom. The van der Waals surface area contributed by atoms with E-state index in [4.69, 9.17) is 10.5 Å². The molecule has 5 nitrogen and oxygen atoms in total. The summed E-state index contributed by atoms with van der Waals surface area (Å²) in [5.74, 6) is -0.406. The zero-order valence-electron chi connectivity index (χ0n) is 9.28. The smallest absolute Gasteiger partial charge is 0.248 e. The SMILES string of the molecule is CCOCC(=O)N1CCC(C)(C(N)=O)C1. The molecule has 1 aliphatic heterocycles. The molecule has 0 aromatic rings. The van der Waals surface area contributed by atoms with Crippen molar-refractivity contribution in [3.05, 3.63) is 0 Å². The minimum absolute atomic E-state index is 0.0678. The van der Waals surface area contributed by atoms with E-state index >= 15 is 0 Å². The van der Waals surface area contributed by atoms with Crippen molar-refractivity contribution in [1.82, 2.24) is 4.90 Å². The molecule has 0 aromatic heterocycles. The van der Waals surface area contributed by atoms with Crippen LogP contribution in [0.15, 0.2) is 0 Å². The maximum absolute atomic E-state index is 11.6. The number of likely N-dealkylation sites (tertiary alicyclic amines) is 1. The fourth-order valence-electron chi connectivity index (χ4n) is 1.66. The minimum Gasteiger partial charge on any atom is -0.372 e. The van der Waals surface area contributed by atoms with E-state index in [-0.39, 0.29) is 18.4 Å². The average Bonchev–Trinajstić information content (AvgIpc) is 2.59. The third-order valence-corrected chi connectivity index (χ3v) is 2.85. The van der Waals surface area contributed by atoms with E-state index in [0.29, 0.717) is 26.1 Å². The van der Waals surface area contributed by atoms with Crippen LogP contribution in [-0.2, 0) is 14.3 Å². The molecule has 15 heavy (non-hydrogen) atoms. The number of hydrogen-bond acceptors (Lipinski definition) is 3. The number of nitrogens with zero attached hydrogens (tertiary/aromatic N) is 1. The van der Waals surface area contributed by atoms with Crippen LogP contribution in [0.4, 0.5) is 0 Å². The highest BCUT2D eigenvalue weighted by Crippen LogP contribution is 2.29. The van der Waals surface area contributed by atoms with Crippen LogP contribution in [0.1, 0.15) is 20.3 Å². The molecule has 0 spiro atoms. The van der Waals surface area contributed by atoms with Crippen LogP contribution in [0.25, 0.3) is 0 Å². The van der Waals surface area contributed by atoms with E-state index in [1.807, 2.05) is 6.92 Å². The topological polar surface area (TPSA) is 72.6 Å². The summed E-state index contributed by atoms with van der Waals surface area (Å²) in [4.78, 5) is 24.4. The average molecular weight is 214 g/mol. The van der Waals surface area contributed by atoms with Crippen molar-refractivity contribution >= 4 is 11.8 Å². The summed E-state index contributed by atoms with van der Waals surface area (Å²) in [6, 6.07) is 0. The minimum atomic E-state index is -0.568. The van der Waals surface area contributed by atoms with Crippen molar-refractivity contribution in [2.75, 3.05) is 26.3 Å². The molecular weight excluding hydrogens is 196 g/mol. The molecule has 0 saturated carbocycles. The van der Waals surface area contributed by atoms with Gasteiger partial charge in [0, 0.05) is 19.7 Å². The Morgan fingerprint density at radius 2 is 2.20 bits per heavy atom. The summed E-state index contributed by atoms with van der Waals surface area (Å²) in [5.41, 5.74) is 4.72. The van der Waals surface area contributed by atoms with Gasteiger partial charge in [-0.15, -0.1) is 0 Å². The van der Waals surface area contributed by atoms with Crippen molar-refractivity contribution in [1.29, 1.82) is 0 Å². The molecule has 0 bridgehead atoms. The molecule has 5 heteroatoms. The third kappa shape index (κ3) is 2.68. The van der Waals surface area contributed by atoms with Crippen molar-refractivity contribution in [3.8, 4) is 0 Å². The van der Waals surface area contributed by atoms with E-state index in [0.717, 1.165) is 0 Å². The van der Waals surface area contributed by atoms with Gasteiger partial charge in [-0.05, 0) is 20.3 Å². The van der Waals surface area contributed by atoms with Gasteiger partial charge in [0.05, 0.1) is 5.41 Å². The lowest BCUT2D eigenvalue weighted by atomic mass is 9.89. The number of primary amides is 1. The zero-order valence-corrected chi connectivity index (χ0v) is 9.28. The Hall–Kier alpha value is -1.10. The molecule has 1 heterocycles. The van der Waals surface area contributed by atoms with Gasteiger partial charge in [-0.3, -0.25) is 9.59 Å². The molecule has 1 aliphatic rings. The predicted molar refractivity (Wildman–Crippen MR) is 55.0 cm³/mol. The van der Waals surface area contributed by atoms with E-state index in [2.05, 4.69) is 0 Å². The van der Waals surface area contributed by atoms with Gasteiger partial charge in [-0.1, -0.05) is 0 Å². The second kappa shape index (κ2) is 4.61. The lowest BCUT2D eigenvalue weighted by Crippen LogP contribution is -2.39. The Labute approximate surface area is 89.6 Å². The van der Waals surface area contributed by atoms with Crippen molar-refractivity contribution in [2.24, 2.45) is 11.1 Å². The standard InChI is InChI=1S/C10H18N2O3/c1-3-15-6-8(13)12-5-4-10(2,7-12)9(11)14/h3-7H2,1-2H3,(H2,11,14). The molecule has 1 atom stereocenters. The van der Waals surface area contributed by atoms with Crippen molar-refractivity contribution < 1.29 is 14.3 Å². The second-order valence-corrected chi connectivity index (χ2v) is 4.13. The fraction of sp³-hybridized carbons (Fsp3) is 0.800. The van der Waals surface area contributed by atoms with Crippen LogP contribution in [0.5, 0.6) is 0 Å². The van der Waals surface area contributed by atoms with Gasteiger partial charge >= 0.3 is 0 Å². The largest absolute Gasteiger partial charge is 0.372 e. The third-order valence-electron chi connectivity index (χ3n) is 2.85. The molecule has 1 saturated heterocycles. The molecule has 1 rings (SSSR count). The highest BCUT2D eigenvalue weighted by molar-refractivity contribution is 5.84. The number of nitrogens with two attached hydrogens (primary N) is 1. The van der Waals surface area contributed by atoms with Crippen LogP contribution in [0.2, 0.25) is 0 Å². The highest BCUT2D eigenvalue weighted by Gasteiger charge is 2.40. The van der Waals surface area contributed by atoms with Crippen LogP contribution in [-0.4, -0.2) is 43.0 Å². The highest BCUT2D eigenvalue weighted by atomic mass is 16.5. The molecular formula is C10H18N2O3. The number of amides is 2.